The second kappa shape index (κ2) is 16.3. The lowest BCUT2D eigenvalue weighted by Gasteiger charge is -2.17. The van der Waals surface area contributed by atoms with Gasteiger partial charge in [0.15, 0.2) is 9.84 Å². The molecule has 0 aromatic carbocycles. The van der Waals surface area contributed by atoms with E-state index in [0.29, 0.717) is 6.42 Å². The molecule has 0 bridgehead atoms. The number of rotatable bonds is 15. The average Bonchev–Trinajstić information content (AvgIpc) is 2.67. The molecule has 0 radical (unpaired) electrons. The van der Waals surface area contributed by atoms with E-state index < -0.39 is 15.1 Å². The van der Waals surface area contributed by atoms with Crippen LogP contribution >= 0.6 is 0 Å². The van der Waals surface area contributed by atoms with Crippen LogP contribution in [0.5, 0.6) is 0 Å². The second-order valence-corrected chi connectivity index (χ2v) is 11.3. The fourth-order valence-electron chi connectivity index (χ4n) is 3.38. The standard InChI is InChI=1S/C27H46O3S/c1-8-31(29,30)27(19-18-24(5)13-9-12-22(2)3)26(7)17-11-16-23(4)14-10-15-25(6)20-21-28/h12,14,17-18,20,27-28H,8-11,13,15-16,19,21H2,1-7H3/b23-14?,24-18+,25-20?,26-17?. The molecule has 1 atom stereocenters. The molecule has 0 spiro atoms. The second-order valence-electron chi connectivity index (χ2n) is 8.86. The van der Waals surface area contributed by atoms with Gasteiger partial charge in [-0.25, -0.2) is 8.42 Å². The van der Waals surface area contributed by atoms with Crippen molar-refractivity contribution in [3.63, 3.8) is 0 Å². The predicted octanol–water partition coefficient (Wildman–Crippen LogP) is 7.26. The first kappa shape index (κ1) is 29.6. The molecule has 4 heteroatoms. The van der Waals surface area contributed by atoms with Gasteiger partial charge in [0.05, 0.1) is 11.9 Å². The number of allylic oxidation sites excluding steroid dienone is 8. The quantitative estimate of drug-likeness (QED) is 0.267. The highest BCUT2D eigenvalue weighted by Crippen LogP contribution is 2.21. The summed E-state index contributed by atoms with van der Waals surface area (Å²) >= 11 is 0. The smallest absolute Gasteiger partial charge is 0.157 e. The summed E-state index contributed by atoms with van der Waals surface area (Å²) in [5.41, 5.74) is 6.07. The van der Waals surface area contributed by atoms with E-state index in [9.17, 15) is 8.42 Å². The molecule has 0 aromatic heterocycles. The van der Waals surface area contributed by atoms with Gasteiger partial charge in [0.25, 0.3) is 0 Å². The van der Waals surface area contributed by atoms with Crippen LogP contribution in [0.15, 0.2) is 58.2 Å². The molecule has 0 aliphatic carbocycles. The van der Waals surface area contributed by atoms with Gasteiger partial charge in [-0.3, -0.25) is 0 Å². The van der Waals surface area contributed by atoms with Gasteiger partial charge in [-0.05, 0) is 86.5 Å². The van der Waals surface area contributed by atoms with Gasteiger partial charge in [0.2, 0.25) is 0 Å². The van der Waals surface area contributed by atoms with Crippen LogP contribution < -0.4 is 0 Å². The van der Waals surface area contributed by atoms with Crippen LogP contribution in [-0.4, -0.2) is 31.1 Å². The molecule has 3 nitrogen and oxygen atoms in total. The summed E-state index contributed by atoms with van der Waals surface area (Å²) in [6, 6.07) is 0. The summed E-state index contributed by atoms with van der Waals surface area (Å²) in [4.78, 5) is 0. The van der Waals surface area contributed by atoms with Gasteiger partial charge in [-0.1, -0.05) is 65.2 Å². The van der Waals surface area contributed by atoms with Crippen molar-refractivity contribution in [3.05, 3.63) is 58.2 Å². The maximum absolute atomic E-state index is 12.7. The monoisotopic (exact) mass is 450 g/mol. The molecule has 1 N–H and O–H groups in total. The lowest BCUT2D eigenvalue weighted by molar-refractivity contribution is 0.341. The van der Waals surface area contributed by atoms with E-state index in [4.69, 9.17) is 5.11 Å². The molecule has 31 heavy (non-hydrogen) atoms. The van der Waals surface area contributed by atoms with Crippen LogP contribution in [0, 0.1) is 0 Å². The van der Waals surface area contributed by atoms with E-state index in [2.05, 4.69) is 52.0 Å². The highest BCUT2D eigenvalue weighted by molar-refractivity contribution is 7.92. The fraction of sp³-hybridized carbons (Fsp3) is 0.630. The minimum Gasteiger partial charge on any atom is -0.392 e. The van der Waals surface area contributed by atoms with E-state index >= 15 is 0 Å². The highest BCUT2D eigenvalue weighted by atomic mass is 32.2. The molecule has 0 aliphatic rings. The zero-order chi connectivity index (χ0) is 23.9. The first-order chi connectivity index (χ1) is 14.5. The van der Waals surface area contributed by atoms with Gasteiger partial charge < -0.3 is 5.11 Å². The Hall–Kier alpha value is -1.39. The lowest BCUT2D eigenvalue weighted by Crippen LogP contribution is -2.24. The van der Waals surface area contributed by atoms with Crippen molar-refractivity contribution in [3.8, 4) is 0 Å². The predicted molar refractivity (Wildman–Crippen MR) is 137 cm³/mol. The minimum absolute atomic E-state index is 0.102. The van der Waals surface area contributed by atoms with E-state index in [0.717, 1.165) is 44.1 Å². The minimum atomic E-state index is -3.14. The Balaban J connectivity index is 4.98. The van der Waals surface area contributed by atoms with Gasteiger partial charge in [-0.15, -0.1) is 0 Å². The summed E-state index contributed by atoms with van der Waals surface area (Å²) in [7, 11) is -3.14. The maximum Gasteiger partial charge on any atom is 0.157 e. The molecular weight excluding hydrogens is 404 g/mol. The molecule has 0 rings (SSSR count). The molecular formula is C27H46O3S. The first-order valence-electron chi connectivity index (χ1n) is 11.6. The Kier molecular flexibility index (Phi) is 15.5. The SMILES string of the molecule is CCS(=O)(=O)C(C/C=C(\C)CCC=C(C)C)C(C)=CCCC(C)=CCCC(C)=CCO. The molecule has 0 amide bonds. The molecule has 0 saturated carbocycles. The molecule has 0 saturated heterocycles. The van der Waals surface area contributed by atoms with Crippen LogP contribution in [-0.2, 0) is 9.84 Å². The highest BCUT2D eigenvalue weighted by Gasteiger charge is 2.24. The third-order valence-corrected chi connectivity index (χ3v) is 7.83. The third-order valence-electron chi connectivity index (χ3n) is 5.59. The topological polar surface area (TPSA) is 54.4 Å². The summed E-state index contributed by atoms with van der Waals surface area (Å²) in [6.07, 6.45) is 16.8. The summed E-state index contributed by atoms with van der Waals surface area (Å²) < 4.78 is 25.4. The van der Waals surface area contributed by atoms with Crippen molar-refractivity contribution in [1.29, 1.82) is 0 Å². The molecule has 178 valence electrons. The van der Waals surface area contributed by atoms with Crippen LogP contribution in [0.1, 0.15) is 93.4 Å². The number of aliphatic hydroxyl groups is 1. The van der Waals surface area contributed by atoms with Crippen LogP contribution in [0.2, 0.25) is 0 Å². The van der Waals surface area contributed by atoms with E-state index in [1.807, 2.05) is 19.9 Å². The van der Waals surface area contributed by atoms with Crippen molar-refractivity contribution >= 4 is 9.84 Å². The zero-order valence-electron chi connectivity index (χ0n) is 21.0. The van der Waals surface area contributed by atoms with Gasteiger partial charge in [-0.2, -0.15) is 0 Å². The van der Waals surface area contributed by atoms with Crippen molar-refractivity contribution in [2.24, 2.45) is 0 Å². The number of hydrogen-bond donors (Lipinski definition) is 1. The normalized spacial score (nSPS) is 15.2. The largest absolute Gasteiger partial charge is 0.392 e. The molecule has 1 unspecified atom stereocenters. The lowest BCUT2D eigenvalue weighted by atomic mass is 10.0. The Morgan fingerprint density at radius 1 is 0.742 bits per heavy atom. The Morgan fingerprint density at radius 2 is 1.23 bits per heavy atom. The van der Waals surface area contributed by atoms with Crippen LogP contribution in [0.4, 0.5) is 0 Å². The van der Waals surface area contributed by atoms with Crippen molar-refractivity contribution in [1.82, 2.24) is 0 Å². The summed E-state index contributed by atoms with van der Waals surface area (Å²) in [5.74, 6) is 0.174. The fourth-order valence-corrected chi connectivity index (χ4v) is 4.84. The van der Waals surface area contributed by atoms with Crippen molar-refractivity contribution in [2.45, 2.75) is 98.7 Å². The molecule has 0 aromatic rings. The Morgan fingerprint density at radius 3 is 1.74 bits per heavy atom. The summed E-state index contributed by atoms with van der Waals surface area (Å²) in [6.45, 7) is 14.3. The van der Waals surface area contributed by atoms with Crippen LogP contribution in [0.3, 0.4) is 0 Å². The van der Waals surface area contributed by atoms with Crippen molar-refractivity contribution < 1.29 is 13.5 Å². The zero-order valence-corrected chi connectivity index (χ0v) is 21.8. The van der Waals surface area contributed by atoms with Gasteiger partial charge in [0.1, 0.15) is 0 Å². The van der Waals surface area contributed by atoms with E-state index in [-0.39, 0.29) is 12.4 Å². The number of hydrogen-bond acceptors (Lipinski definition) is 3. The molecule has 0 aliphatic heterocycles. The first-order valence-corrected chi connectivity index (χ1v) is 13.3. The van der Waals surface area contributed by atoms with E-state index in [1.165, 1.54) is 22.3 Å². The number of aliphatic hydroxyl groups excluding tert-OH is 1. The van der Waals surface area contributed by atoms with Gasteiger partial charge in [0, 0.05) is 5.75 Å². The average molecular weight is 451 g/mol. The maximum atomic E-state index is 12.7. The Labute approximate surface area is 192 Å². The van der Waals surface area contributed by atoms with Gasteiger partial charge >= 0.3 is 0 Å². The molecule has 0 heterocycles. The summed E-state index contributed by atoms with van der Waals surface area (Å²) in [5, 5.41) is 8.49. The van der Waals surface area contributed by atoms with E-state index in [1.54, 1.807) is 6.92 Å². The number of sulfone groups is 1. The third kappa shape index (κ3) is 14.3. The molecule has 0 fully saturated rings. The van der Waals surface area contributed by atoms with Crippen LogP contribution in [0.25, 0.3) is 0 Å². The Bertz CT molecular complexity index is 773. The van der Waals surface area contributed by atoms with Crippen molar-refractivity contribution in [2.75, 3.05) is 12.4 Å².